The summed E-state index contributed by atoms with van der Waals surface area (Å²) in [4.78, 5) is 23.5. The van der Waals surface area contributed by atoms with E-state index in [0.717, 1.165) is 70.6 Å². The van der Waals surface area contributed by atoms with Crippen molar-refractivity contribution in [3.05, 3.63) is 12.2 Å². The molecule has 1 amide bonds. The Morgan fingerprint density at radius 1 is 0.557 bits per heavy atom. The molecule has 362 valence electrons. The summed E-state index contributed by atoms with van der Waals surface area (Å²) in [7, 11) is -5.11. The van der Waals surface area contributed by atoms with Crippen molar-refractivity contribution in [2.75, 3.05) is 6.61 Å². The number of hydrogen-bond donors (Lipinski definition) is 9. The standard InChI is InChI=1S/C47H92NO12P/c1-3-5-7-9-11-13-15-16-17-18-19-20-21-22-23-25-26-28-30-32-34-38(49)36-41(51)48-39(40(50)35-33-31-29-27-24-14-12-10-8-6-4-2)37-59-61(57,58)60-47-45(55)43(53)42(52)44(54)46(47)56/h21-22,38-40,42-47,49-50,52-56H,3-20,23-37H2,1-2H3,(H,48,51)(H,57,58)/b22-21-. The van der Waals surface area contributed by atoms with Crippen LogP contribution in [-0.2, 0) is 18.4 Å². The molecule has 0 spiro atoms. The van der Waals surface area contributed by atoms with E-state index < -0.39 is 75.2 Å². The summed E-state index contributed by atoms with van der Waals surface area (Å²) in [5, 5.41) is 74.6. The van der Waals surface area contributed by atoms with Crippen molar-refractivity contribution < 1.29 is 59.0 Å². The molecule has 9 N–H and O–H groups in total. The molecule has 0 aromatic carbocycles. The van der Waals surface area contributed by atoms with Crippen LogP contribution in [0.2, 0.25) is 0 Å². The summed E-state index contributed by atoms with van der Waals surface area (Å²) in [6, 6.07) is -1.15. The topological polar surface area (TPSA) is 226 Å². The summed E-state index contributed by atoms with van der Waals surface area (Å²) < 4.78 is 22.9. The molecule has 1 saturated carbocycles. The smallest absolute Gasteiger partial charge is 0.393 e. The largest absolute Gasteiger partial charge is 0.472 e. The van der Waals surface area contributed by atoms with E-state index >= 15 is 0 Å². The zero-order valence-electron chi connectivity index (χ0n) is 38.3. The average Bonchev–Trinajstić information content (AvgIpc) is 3.23. The molecular formula is C47H92NO12P. The lowest BCUT2D eigenvalue weighted by Crippen LogP contribution is -2.64. The molecule has 1 rings (SSSR count). The number of carbonyl (C=O) groups is 1. The first-order chi connectivity index (χ1) is 29.3. The van der Waals surface area contributed by atoms with Crippen LogP contribution in [0.3, 0.4) is 0 Å². The van der Waals surface area contributed by atoms with Gasteiger partial charge in [-0.3, -0.25) is 13.8 Å². The Morgan fingerprint density at radius 3 is 1.34 bits per heavy atom. The number of carbonyl (C=O) groups excluding carboxylic acids is 1. The maximum atomic E-state index is 13.0. The Morgan fingerprint density at radius 2 is 0.918 bits per heavy atom. The summed E-state index contributed by atoms with van der Waals surface area (Å²) in [5.74, 6) is -0.564. The predicted molar refractivity (Wildman–Crippen MR) is 243 cm³/mol. The van der Waals surface area contributed by atoms with Gasteiger partial charge in [-0.2, -0.15) is 0 Å². The van der Waals surface area contributed by atoms with Gasteiger partial charge in [-0.1, -0.05) is 187 Å². The highest BCUT2D eigenvalue weighted by atomic mass is 31.2. The van der Waals surface area contributed by atoms with Crippen LogP contribution in [0.1, 0.15) is 219 Å². The van der Waals surface area contributed by atoms with Gasteiger partial charge in [-0.05, 0) is 38.5 Å². The molecule has 1 fully saturated rings. The van der Waals surface area contributed by atoms with Crippen molar-refractivity contribution in [1.82, 2.24) is 5.32 Å². The van der Waals surface area contributed by atoms with E-state index in [0.29, 0.717) is 12.8 Å². The highest BCUT2D eigenvalue weighted by molar-refractivity contribution is 7.47. The molecular weight excluding hydrogens is 801 g/mol. The zero-order valence-corrected chi connectivity index (χ0v) is 39.2. The summed E-state index contributed by atoms with van der Waals surface area (Å²) in [6.45, 7) is 3.78. The van der Waals surface area contributed by atoms with Crippen LogP contribution in [-0.4, -0.2) is 108 Å². The van der Waals surface area contributed by atoms with Crippen molar-refractivity contribution in [2.24, 2.45) is 0 Å². The van der Waals surface area contributed by atoms with Crippen LogP contribution in [0.25, 0.3) is 0 Å². The van der Waals surface area contributed by atoms with Gasteiger partial charge in [-0.15, -0.1) is 0 Å². The first-order valence-electron chi connectivity index (χ1n) is 24.7. The molecule has 0 aromatic rings. The quantitative estimate of drug-likeness (QED) is 0.0160. The van der Waals surface area contributed by atoms with Crippen molar-refractivity contribution in [2.45, 2.75) is 274 Å². The van der Waals surface area contributed by atoms with Gasteiger partial charge in [-0.25, -0.2) is 4.57 Å². The number of rotatable bonds is 41. The van der Waals surface area contributed by atoms with Crippen LogP contribution in [0, 0.1) is 0 Å². The lowest BCUT2D eigenvalue weighted by Gasteiger charge is -2.41. The number of phosphoric acid groups is 1. The number of unbranched alkanes of at least 4 members (excludes halogenated alkanes) is 26. The third-order valence-electron chi connectivity index (χ3n) is 12.1. The number of nitrogens with one attached hydrogen (secondary N) is 1. The normalized spacial score (nSPS) is 23.2. The molecule has 8 atom stereocenters. The molecule has 0 bridgehead atoms. The molecule has 0 aliphatic heterocycles. The average molecular weight is 894 g/mol. The summed E-state index contributed by atoms with van der Waals surface area (Å²) in [5.41, 5.74) is 0. The highest BCUT2D eigenvalue weighted by Gasteiger charge is 2.51. The van der Waals surface area contributed by atoms with E-state index in [2.05, 4.69) is 31.3 Å². The predicted octanol–water partition coefficient (Wildman–Crippen LogP) is 8.59. The molecule has 8 unspecified atom stereocenters. The Balaban J connectivity index is 2.43. The fourth-order valence-corrected chi connectivity index (χ4v) is 9.03. The lowest BCUT2D eigenvalue weighted by molar-refractivity contribution is -0.220. The minimum Gasteiger partial charge on any atom is -0.393 e. The van der Waals surface area contributed by atoms with Crippen LogP contribution >= 0.6 is 7.82 Å². The Labute approximate surface area is 370 Å². The minimum absolute atomic E-state index is 0.225. The fraction of sp³-hybridized carbons (Fsp3) is 0.936. The van der Waals surface area contributed by atoms with Gasteiger partial charge in [0.2, 0.25) is 5.91 Å². The van der Waals surface area contributed by atoms with E-state index in [1.807, 2.05) is 0 Å². The summed E-state index contributed by atoms with van der Waals surface area (Å²) >= 11 is 0. The summed E-state index contributed by atoms with van der Waals surface area (Å²) in [6.07, 6.45) is 25.6. The van der Waals surface area contributed by atoms with Crippen molar-refractivity contribution in [3.8, 4) is 0 Å². The van der Waals surface area contributed by atoms with E-state index in [9.17, 15) is 50.0 Å². The maximum absolute atomic E-state index is 13.0. The molecule has 0 aromatic heterocycles. The third-order valence-corrected chi connectivity index (χ3v) is 13.1. The van der Waals surface area contributed by atoms with Gasteiger partial charge in [0, 0.05) is 0 Å². The highest BCUT2D eigenvalue weighted by Crippen LogP contribution is 2.47. The van der Waals surface area contributed by atoms with Crippen LogP contribution in [0.15, 0.2) is 12.2 Å². The number of phosphoric ester groups is 1. The molecule has 1 aliphatic carbocycles. The van der Waals surface area contributed by atoms with E-state index in [1.165, 1.54) is 109 Å². The monoisotopic (exact) mass is 894 g/mol. The van der Waals surface area contributed by atoms with Crippen molar-refractivity contribution in [3.63, 3.8) is 0 Å². The van der Waals surface area contributed by atoms with Crippen LogP contribution in [0.5, 0.6) is 0 Å². The molecule has 1 aliphatic rings. The second kappa shape index (κ2) is 37.3. The Hall–Kier alpha value is -0.960. The fourth-order valence-electron chi connectivity index (χ4n) is 8.06. The van der Waals surface area contributed by atoms with E-state index in [-0.39, 0.29) is 12.8 Å². The number of allylic oxidation sites excluding steroid dienone is 2. The van der Waals surface area contributed by atoms with E-state index in [4.69, 9.17) is 9.05 Å². The van der Waals surface area contributed by atoms with Gasteiger partial charge in [0.25, 0.3) is 0 Å². The second-order valence-corrected chi connectivity index (χ2v) is 19.3. The number of aliphatic hydroxyl groups excluding tert-OH is 7. The third kappa shape index (κ3) is 29.2. The van der Waals surface area contributed by atoms with Gasteiger partial charge < -0.3 is 46.0 Å². The van der Waals surface area contributed by atoms with Gasteiger partial charge in [0.15, 0.2) is 0 Å². The first kappa shape index (κ1) is 58.1. The number of hydrogen-bond acceptors (Lipinski definition) is 11. The maximum Gasteiger partial charge on any atom is 0.472 e. The van der Waals surface area contributed by atoms with Gasteiger partial charge in [0.1, 0.15) is 36.6 Å². The van der Waals surface area contributed by atoms with Crippen molar-refractivity contribution >= 4 is 13.7 Å². The molecule has 0 heterocycles. The van der Waals surface area contributed by atoms with Crippen LogP contribution in [0.4, 0.5) is 0 Å². The number of amides is 1. The zero-order chi connectivity index (χ0) is 45.1. The Bertz CT molecular complexity index is 1100. The van der Waals surface area contributed by atoms with Crippen molar-refractivity contribution in [1.29, 1.82) is 0 Å². The van der Waals surface area contributed by atoms with E-state index in [1.54, 1.807) is 0 Å². The lowest BCUT2D eigenvalue weighted by atomic mass is 9.85. The van der Waals surface area contributed by atoms with Crippen LogP contribution < -0.4 is 5.32 Å². The molecule has 61 heavy (non-hydrogen) atoms. The molecule has 0 saturated heterocycles. The first-order valence-corrected chi connectivity index (χ1v) is 26.2. The molecule has 0 radical (unpaired) electrons. The minimum atomic E-state index is -5.11. The molecule has 14 heteroatoms. The Kier molecular flexibility index (Phi) is 35.5. The number of aliphatic hydroxyl groups is 7. The molecule has 13 nitrogen and oxygen atoms in total. The SMILES string of the molecule is CCCCCCCCCCCCC/C=C\CCCCCCCC(O)CC(=O)NC(COP(=O)(O)OC1C(O)C(O)C(O)C(O)C1O)C(O)CCCCCCCCCCCCC. The van der Waals surface area contributed by atoms with Gasteiger partial charge in [0.05, 0.1) is 31.3 Å². The second-order valence-electron chi connectivity index (χ2n) is 17.9. The van der Waals surface area contributed by atoms with Gasteiger partial charge >= 0.3 is 7.82 Å².